The number of aromatic nitrogens is 3. The molecule has 0 aliphatic carbocycles. The monoisotopic (exact) mass is 248 g/mol. The summed E-state index contributed by atoms with van der Waals surface area (Å²) in [6, 6.07) is 5.25. The van der Waals surface area contributed by atoms with Gasteiger partial charge in [0.25, 0.3) is 0 Å². The average molecular weight is 248 g/mol. The van der Waals surface area contributed by atoms with Gasteiger partial charge in [0.15, 0.2) is 0 Å². The predicted molar refractivity (Wildman–Crippen MR) is 67.8 cm³/mol. The van der Waals surface area contributed by atoms with E-state index in [2.05, 4.69) is 10.3 Å². The fourth-order valence-corrected chi connectivity index (χ4v) is 1.60. The molecule has 0 radical (unpaired) electrons. The normalized spacial score (nSPS) is 11.7. The molecule has 0 fully saturated rings. The lowest BCUT2D eigenvalue weighted by molar-refractivity contribution is -0.155. The summed E-state index contributed by atoms with van der Waals surface area (Å²) < 4.78 is 6.73. The van der Waals surface area contributed by atoms with E-state index in [1.165, 1.54) is 4.68 Å². The first-order valence-electron chi connectivity index (χ1n) is 5.66. The number of anilines is 1. The van der Waals surface area contributed by atoms with Crippen LogP contribution in [0.5, 0.6) is 0 Å². The van der Waals surface area contributed by atoms with Crippen molar-refractivity contribution in [2.75, 3.05) is 5.73 Å². The van der Waals surface area contributed by atoms with Crippen LogP contribution < -0.4 is 5.73 Å². The van der Waals surface area contributed by atoms with Crippen molar-refractivity contribution in [2.45, 2.75) is 32.9 Å². The highest BCUT2D eigenvalue weighted by Crippen LogP contribution is 2.15. The Balaban J connectivity index is 2.20. The molecule has 0 aliphatic heterocycles. The Morgan fingerprint density at radius 2 is 2.17 bits per heavy atom. The van der Waals surface area contributed by atoms with Crippen LogP contribution in [-0.4, -0.2) is 26.6 Å². The van der Waals surface area contributed by atoms with Crippen molar-refractivity contribution in [3.8, 4) is 0 Å². The van der Waals surface area contributed by atoms with Gasteiger partial charge in [0.1, 0.15) is 17.7 Å². The van der Waals surface area contributed by atoms with Gasteiger partial charge >= 0.3 is 5.97 Å². The van der Waals surface area contributed by atoms with Gasteiger partial charge in [-0.2, -0.15) is 0 Å². The highest BCUT2D eigenvalue weighted by molar-refractivity contribution is 5.80. The zero-order valence-electron chi connectivity index (χ0n) is 10.7. The summed E-state index contributed by atoms with van der Waals surface area (Å²) in [7, 11) is 0. The lowest BCUT2D eigenvalue weighted by atomic mass is 10.2. The van der Waals surface area contributed by atoms with Gasteiger partial charge in [-0.3, -0.25) is 4.79 Å². The lowest BCUT2D eigenvalue weighted by Gasteiger charge is -2.19. The first-order chi connectivity index (χ1) is 8.35. The quantitative estimate of drug-likeness (QED) is 0.640. The van der Waals surface area contributed by atoms with Gasteiger partial charge in [0.05, 0.1) is 5.52 Å². The minimum absolute atomic E-state index is 0.0394. The van der Waals surface area contributed by atoms with Crippen molar-refractivity contribution >= 4 is 22.7 Å². The predicted octanol–water partition coefficient (Wildman–Crippen LogP) is 1.36. The van der Waals surface area contributed by atoms with Gasteiger partial charge in [0, 0.05) is 5.69 Å². The van der Waals surface area contributed by atoms with Crippen LogP contribution in [0.3, 0.4) is 0 Å². The molecule has 0 atom stereocenters. The topological polar surface area (TPSA) is 83.0 Å². The van der Waals surface area contributed by atoms with E-state index in [1.54, 1.807) is 18.2 Å². The fraction of sp³-hybridized carbons (Fsp3) is 0.417. The Labute approximate surface area is 105 Å². The number of rotatable bonds is 2. The van der Waals surface area contributed by atoms with Gasteiger partial charge in [-0.05, 0) is 39.0 Å². The van der Waals surface area contributed by atoms with Crippen LogP contribution >= 0.6 is 0 Å². The molecule has 96 valence electrons. The highest BCUT2D eigenvalue weighted by Gasteiger charge is 2.17. The first-order valence-corrected chi connectivity index (χ1v) is 5.66. The van der Waals surface area contributed by atoms with Crippen LogP contribution in [-0.2, 0) is 16.1 Å². The molecule has 1 aromatic carbocycles. The van der Waals surface area contributed by atoms with Crippen molar-refractivity contribution in [3.63, 3.8) is 0 Å². The minimum Gasteiger partial charge on any atom is -0.459 e. The van der Waals surface area contributed by atoms with E-state index >= 15 is 0 Å². The van der Waals surface area contributed by atoms with Gasteiger partial charge in [-0.15, -0.1) is 5.10 Å². The van der Waals surface area contributed by atoms with Crippen molar-refractivity contribution in [1.82, 2.24) is 15.0 Å². The molecular weight excluding hydrogens is 232 g/mol. The fourth-order valence-electron chi connectivity index (χ4n) is 1.60. The third kappa shape index (κ3) is 2.77. The van der Waals surface area contributed by atoms with Crippen molar-refractivity contribution in [1.29, 1.82) is 0 Å². The van der Waals surface area contributed by atoms with Gasteiger partial charge in [0.2, 0.25) is 0 Å². The molecule has 0 bridgehead atoms. The van der Waals surface area contributed by atoms with E-state index in [0.29, 0.717) is 11.2 Å². The molecule has 2 aromatic rings. The second-order valence-electron chi connectivity index (χ2n) is 5.08. The Hall–Kier alpha value is -2.11. The summed E-state index contributed by atoms with van der Waals surface area (Å²) in [4.78, 5) is 11.7. The van der Waals surface area contributed by atoms with Crippen LogP contribution in [0.1, 0.15) is 20.8 Å². The summed E-state index contributed by atoms with van der Waals surface area (Å²) >= 11 is 0. The number of carbonyl (C=O) groups is 1. The van der Waals surface area contributed by atoms with Crippen molar-refractivity contribution in [3.05, 3.63) is 18.2 Å². The van der Waals surface area contributed by atoms with Crippen LogP contribution in [0.2, 0.25) is 0 Å². The second kappa shape index (κ2) is 4.29. The molecule has 2 N–H and O–H groups in total. The zero-order valence-corrected chi connectivity index (χ0v) is 10.7. The number of nitrogens with zero attached hydrogens (tertiary/aromatic N) is 3. The number of nitrogens with two attached hydrogens (primary N) is 1. The molecule has 0 amide bonds. The van der Waals surface area contributed by atoms with Crippen LogP contribution in [0.25, 0.3) is 11.0 Å². The number of carbonyl (C=O) groups excluding carboxylic acids is 1. The second-order valence-corrected chi connectivity index (χ2v) is 5.08. The third-order valence-corrected chi connectivity index (χ3v) is 2.24. The van der Waals surface area contributed by atoms with E-state index in [9.17, 15) is 4.79 Å². The average Bonchev–Trinajstić information content (AvgIpc) is 2.57. The number of benzene rings is 1. The minimum atomic E-state index is -0.502. The lowest BCUT2D eigenvalue weighted by Crippen LogP contribution is -2.26. The van der Waals surface area contributed by atoms with Crippen LogP contribution in [0.4, 0.5) is 5.69 Å². The molecule has 0 spiro atoms. The summed E-state index contributed by atoms with van der Waals surface area (Å²) in [6.45, 7) is 5.51. The summed E-state index contributed by atoms with van der Waals surface area (Å²) in [5.74, 6) is -0.342. The summed E-state index contributed by atoms with van der Waals surface area (Å²) in [5, 5.41) is 7.87. The molecule has 0 saturated carbocycles. The van der Waals surface area contributed by atoms with E-state index in [0.717, 1.165) is 5.52 Å². The number of hydrogen-bond donors (Lipinski definition) is 1. The highest BCUT2D eigenvalue weighted by atomic mass is 16.6. The number of hydrogen-bond acceptors (Lipinski definition) is 5. The van der Waals surface area contributed by atoms with E-state index in [1.807, 2.05) is 20.8 Å². The van der Waals surface area contributed by atoms with Crippen molar-refractivity contribution < 1.29 is 9.53 Å². The van der Waals surface area contributed by atoms with E-state index < -0.39 is 5.60 Å². The van der Waals surface area contributed by atoms with E-state index in [4.69, 9.17) is 10.5 Å². The molecule has 1 heterocycles. The smallest absolute Gasteiger partial charge is 0.328 e. The Morgan fingerprint density at radius 1 is 1.44 bits per heavy atom. The van der Waals surface area contributed by atoms with E-state index in [-0.39, 0.29) is 12.5 Å². The zero-order chi connectivity index (χ0) is 13.3. The molecule has 18 heavy (non-hydrogen) atoms. The van der Waals surface area contributed by atoms with Crippen LogP contribution in [0, 0.1) is 0 Å². The SMILES string of the molecule is CC(C)(C)OC(=O)Cn1nnc2cc(N)ccc21. The Bertz CT molecular complexity index is 583. The molecular formula is C12H16N4O2. The third-order valence-electron chi connectivity index (χ3n) is 2.24. The number of fused-ring (bicyclic) bond motifs is 1. The Kier molecular flexibility index (Phi) is 2.94. The molecule has 0 aliphatic rings. The maximum Gasteiger partial charge on any atom is 0.328 e. The van der Waals surface area contributed by atoms with Crippen LogP contribution in [0.15, 0.2) is 18.2 Å². The molecule has 6 nitrogen and oxygen atoms in total. The standard InChI is InChI=1S/C12H16N4O2/c1-12(2,3)18-11(17)7-16-10-5-4-8(13)6-9(10)14-15-16/h4-6H,7,13H2,1-3H3. The first kappa shape index (κ1) is 12.3. The maximum absolute atomic E-state index is 11.7. The maximum atomic E-state index is 11.7. The summed E-state index contributed by atoms with van der Waals surface area (Å²) in [5.41, 5.74) is 7.19. The number of esters is 1. The molecule has 6 heteroatoms. The summed E-state index contributed by atoms with van der Waals surface area (Å²) in [6.07, 6.45) is 0. The van der Waals surface area contributed by atoms with Crippen molar-refractivity contribution in [2.24, 2.45) is 0 Å². The van der Waals surface area contributed by atoms with Gasteiger partial charge < -0.3 is 10.5 Å². The molecule has 0 saturated heterocycles. The molecule has 1 aromatic heterocycles. The Morgan fingerprint density at radius 3 is 2.83 bits per heavy atom. The number of nitrogen functional groups attached to an aromatic ring is 1. The number of ether oxygens (including phenoxy) is 1. The van der Waals surface area contributed by atoms with Gasteiger partial charge in [-0.25, -0.2) is 4.68 Å². The van der Waals surface area contributed by atoms with Gasteiger partial charge in [-0.1, -0.05) is 5.21 Å². The molecule has 2 rings (SSSR count). The molecule has 0 unspecified atom stereocenters. The largest absolute Gasteiger partial charge is 0.459 e.